The zero-order chi connectivity index (χ0) is 32.3. The molecule has 2 aromatic carbocycles. The molecule has 5 rings (SSSR count). The van der Waals surface area contributed by atoms with Crippen LogP contribution in [-0.2, 0) is 38.6 Å². The average molecular weight is 626 g/mol. The van der Waals surface area contributed by atoms with E-state index in [0.29, 0.717) is 38.2 Å². The first-order valence-corrected chi connectivity index (χ1v) is 16.2. The van der Waals surface area contributed by atoms with Crippen molar-refractivity contribution < 1.29 is 23.9 Å². The number of fused-ring (bicyclic) bond motifs is 4. The fourth-order valence-electron chi connectivity index (χ4n) is 6.03. The van der Waals surface area contributed by atoms with Gasteiger partial charge in [0.2, 0.25) is 23.6 Å². The van der Waals surface area contributed by atoms with E-state index in [9.17, 15) is 19.2 Å². The summed E-state index contributed by atoms with van der Waals surface area (Å²) in [5, 5.41) is 8.65. The van der Waals surface area contributed by atoms with Gasteiger partial charge in [-0.25, -0.2) is 0 Å². The van der Waals surface area contributed by atoms with Crippen molar-refractivity contribution >= 4 is 23.6 Å². The summed E-state index contributed by atoms with van der Waals surface area (Å²) in [6, 6.07) is 18.8. The third kappa shape index (κ3) is 9.39. The van der Waals surface area contributed by atoms with Gasteiger partial charge in [-0.1, -0.05) is 42.5 Å². The molecule has 3 heterocycles. The second kappa shape index (κ2) is 16.0. The lowest BCUT2D eigenvalue weighted by molar-refractivity contribution is -0.138. The molecular formula is C36H43N5O5. The Kier molecular flexibility index (Phi) is 11.4. The number of aryl methyl sites for hydroxylation is 2. The van der Waals surface area contributed by atoms with Gasteiger partial charge >= 0.3 is 0 Å². The summed E-state index contributed by atoms with van der Waals surface area (Å²) in [6.45, 7) is 3.92. The number of rotatable bonds is 6. The lowest BCUT2D eigenvalue weighted by Gasteiger charge is -2.34. The van der Waals surface area contributed by atoms with Gasteiger partial charge in [-0.15, -0.1) is 0 Å². The van der Waals surface area contributed by atoms with Crippen LogP contribution in [0.4, 0.5) is 0 Å². The monoisotopic (exact) mass is 625 g/mol. The van der Waals surface area contributed by atoms with Crippen LogP contribution in [0.1, 0.15) is 54.5 Å². The van der Waals surface area contributed by atoms with Crippen molar-refractivity contribution in [1.82, 2.24) is 25.8 Å². The van der Waals surface area contributed by atoms with Gasteiger partial charge in [0.05, 0.1) is 19.4 Å². The van der Waals surface area contributed by atoms with Crippen molar-refractivity contribution in [2.45, 2.75) is 70.5 Å². The summed E-state index contributed by atoms with van der Waals surface area (Å²) in [7, 11) is 0. The zero-order valence-corrected chi connectivity index (χ0v) is 26.4. The number of ether oxygens (including phenoxy) is 1. The minimum absolute atomic E-state index is 0.0407. The lowest BCUT2D eigenvalue weighted by Crippen LogP contribution is -2.55. The molecule has 4 bridgehead atoms. The number of hydrogen-bond acceptors (Lipinski definition) is 6. The Balaban J connectivity index is 1.40. The smallest absolute Gasteiger partial charge is 0.243 e. The van der Waals surface area contributed by atoms with E-state index >= 15 is 0 Å². The SMILES string of the molecule is Cc1ccc2cc1CNC(=O)[C@H](CCc1ccccc1)NC(=O)[C@@H](NC(=O)Cc1ccccn1)CC(=O)N1CCCC(CCO2)C1. The molecule has 3 aromatic rings. The summed E-state index contributed by atoms with van der Waals surface area (Å²) in [6.07, 6.45) is 4.87. The molecule has 0 saturated carbocycles. The summed E-state index contributed by atoms with van der Waals surface area (Å²) in [5.74, 6) is -0.550. The first-order chi connectivity index (χ1) is 22.3. The number of hydrogen-bond donors (Lipinski definition) is 3. The van der Waals surface area contributed by atoms with Gasteiger partial charge in [0, 0.05) is 31.5 Å². The number of aromatic nitrogens is 1. The maximum Gasteiger partial charge on any atom is 0.243 e. The minimum Gasteiger partial charge on any atom is -0.494 e. The van der Waals surface area contributed by atoms with Gasteiger partial charge < -0.3 is 25.6 Å². The molecule has 2 aliphatic heterocycles. The van der Waals surface area contributed by atoms with E-state index in [0.717, 1.165) is 41.7 Å². The summed E-state index contributed by atoms with van der Waals surface area (Å²) in [5.41, 5.74) is 3.52. The standard InChI is InChI=1S/C36H43N5O5/c1-25-12-14-30-20-28(25)23-38-35(44)31(15-13-26-8-3-2-4-9-26)40-36(45)32(39-33(42)21-29-11-5-6-17-37-29)22-34(43)41-18-7-10-27(24-41)16-19-46-30/h2-6,8-9,11-12,14,17,20,27,31-32H,7,10,13,15-16,18-19,21-24H2,1H3,(H,38,44)(H,39,42)(H,40,45)/t27?,31-,32-/m0/s1. The Morgan fingerprint density at radius 2 is 1.85 bits per heavy atom. The largest absolute Gasteiger partial charge is 0.494 e. The molecule has 10 heteroatoms. The van der Waals surface area contributed by atoms with Crippen molar-refractivity contribution in [1.29, 1.82) is 0 Å². The number of carbonyl (C=O) groups excluding carboxylic acids is 4. The molecule has 3 N–H and O–H groups in total. The number of piperidine rings is 1. The van der Waals surface area contributed by atoms with Crippen molar-refractivity contribution in [3.63, 3.8) is 0 Å². The molecule has 242 valence electrons. The molecule has 1 aromatic heterocycles. The van der Waals surface area contributed by atoms with Crippen LogP contribution in [0.25, 0.3) is 0 Å². The zero-order valence-electron chi connectivity index (χ0n) is 26.4. The number of carbonyl (C=O) groups is 4. The highest BCUT2D eigenvalue weighted by Crippen LogP contribution is 2.23. The van der Waals surface area contributed by atoms with Gasteiger partial charge in [0.25, 0.3) is 0 Å². The van der Waals surface area contributed by atoms with Crippen molar-refractivity contribution in [3.05, 3.63) is 95.3 Å². The van der Waals surface area contributed by atoms with Crippen molar-refractivity contribution in [2.75, 3.05) is 19.7 Å². The second-order valence-corrected chi connectivity index (χ2v) is 12.2. The lowest BCUT2D eigenvalue weighted by atomic mass is 9.94. The summed E-state index contributed by atoms with van der Waals surface area (Å²) in [4.78, 5) is 60.2. The molecule has 1 saturated heterocycles. The Labute approximate surface area is 270 Å². The third-order valence-corrected chi connectivity index (χ3v) is 8.74. The van der Waals surface area contributed by atoms with Crippen LogP contribution in [0.3, 0.4) is 0 Å². The van der Waals surface area contributed by atoms with Crippen molar-refractivity contribution in [2.24, 2.45) is 5.92 Å². The highest BCUT2D eigenvalue weighted by Gasteiger charge is 2.32. The van der Waals surface area contributed by atoms with E-state index in [1.807, 2.05) is 55.5 Å². The predicted molar refractivity (Wildman–Crippen MR) is 174 cm³/mol. The number of nitrogens with zero attached hydrogens (tertiary/aromatic N) is 2. The highest BCUT2D eigenvalue weighted by molar-refractivity contribution is 5.95. The fraction of sp³-hybridized carbons (Fsp3) is 0.417. The van der Waals surface area contributed by atoms with Gasteiger partial charge in [0.15, 0.2) is 0 Å². The van der Waals surface area contributed by atoms with Gasteiger partial charge in [-0.3, -0.25) is 24.2 Å². The Bertz CT molecular complexity index is 1500. The minimum atomic E-state index is -1.16. The maximum atomic E-state index is 13.9. The average Bonchev–Trinajstić information content (AvgIpc) is 3.06. The van der Waals surface area contributed by atoms with Crippen LogP contribution in [0, 0.1) is 12.8 Å². The van der Waals surface area contributed by atoms with Crippen LogP contribution in [0.15, 0.2) is 72.9 Å². The highest BCUT2D eigenvalue weighted by atomic mass is 16.5. The predicted octanol–water partition coefficient (Wildman–Crippen LogP) is 3.26. The molecule has 4 amide bonds. The van der Waals surface area contributed by atoms with E-state index in [-0.39, 0.29) is 37.1 Å². The first-order valence-electron chi connectivity index (χ1n) is 16.2. The molecule has 0 spiro atoms. The Morgan fingerprint density at radius 1 is 1.02 bits per heavy atom. The third-order valence-electron chi connectivity index (χ3n) is 8.74. The molecule has 2 aliphatic rings. The van der Waals surface area contributed by atoms with E-state index < -0.39 is 23.9 Å². The van der Waals surface area contributed by atoms with Gasteiger partial charge in [0.1, 0.15) is 17.8 Å². The van der Waals surface area contributed by atoms with Crippen LogP contribution in [0.2, 0.25) is 0 Å². The number of benzene rings is 2. The van der Waals surface area contributed by atoms with Crippen LogP contribution < -0.4 is 20.7 Å². The van der Waals surface area contributed by atoms with E-state index in [1.54, 1.807) is 29.3 Å². The molecule has 0 radical (unpaired) electrons. The van der Waals surface area contributed by atoms with Crippen LogP contribution in [-0.4, -0.2) is 65.3 Å². The van der Waals surface area contributed by atoms with Gasteiger partial charge in [-0.05, 0) is 85.9 Å². The molecule has 3 atom stereocenters. The van der Waals surface area contributed by atoms with Crippen molar-refractivity contribution in [3.8, 4) is 5.75 Å². The fourth-order valence-corrected chi connectivity index (χ4v) is 6.03. The maximum absolute atomic E-state index is 13.9. The molecule has 10 nitrogen and oxygen atoms in total. The first kappa shape index (κ1) is 32.7. The molecule has 1 fully saturated rings. The van der Waals surface area contributed by atoms with Gasteiger partial charge in [-0.2, -0.15) is 0 Å². The van der Waals surface area contributed by atoms with Crippen LogP contribution >= 0.6 is 0 Å². The number of amides is 4. The molecule has 1 unspecified atom stereocenters. The van der Waals surface area contributed by atoms with Crippen LogP contribution in [0.5, 0.6) is 5.75 Å². The summed E-state index contributed by atoms with van der Waals surface area (Å²) < 4.78 is 6.10. The normalized spacial score (nSPS) is 21.2. The second-order valence-electron chi connectivity index (χ2n) is 12.2. The Morgan fingerprint density at radius 3 is 2.65 bits per heavy atom. The number of nitrogens with one attached hydrogen (secondary N) is 3. The quantitative estimate of drug-likeness (QED) is 0.386. The van der Waals surface area contributed by atoms with E-state index in [4.69, 9.17) is 4.74 Å². The topological polar surface area (TPSA) is 130 Å². The molecular weight excluding hydrogens is 582 g/mol. The molecule has 0 aliphatic carbocycles. The number of pyridine rings is 1. The molecule has 46 heavy (non-hydrogen) atoms. The van der Waals surface area contributed by atoms with E-state index in [2.05, 4.69) is 20.9 Å². The summed E-state index contributed by atoms with van der Waals surface area (Å²) >= 11 is 0. The Hall–Kier alpha value is -4.73. The van der Waals surface area contributed by atoms with E-state index in [1.165, 1.54) is 0 Å².